The molecule has 3 aromatic carbocycles. The van der Waals surface area contributed by atoms with Crippen molar-refractivity contribution in [2.24, 2.45) is 0 Å². The van der Waals surface area contributed by atoms with Crippen molar-refractivity contribution in [3.63, 3.8) is 0 Å². The molecule has 5 aromatic rings. The number of ether oxygens (including phenoxy) is 2. The molecule has 0 bridgehead atoms. The standard InChI is InChI=1S/C26H21N3O4S/c1-31-19-13-11-18(12-14-19)29-25(20-8-4-6-10-23(20)32-2)27-28-26(29)34-16-21(30)24-15-17-7-3-5-9-22(17)33-24/h3-15H,16H2,1-2H3. The summed E-state index contributed by atoms with van der Waals surface area (Å²) in [4.78, 5) is 12.9. The van der Waals surface area contributed by atoms with Crippen LogP contribution in [0.15, 0.2) is 88.4 Å². The normalized spacial score (nSPS) is 11.0. The van der Waals surface area contributed by atoms with Gasteiger partial charge in [0, 0.05) is 5.39 Å². The average molecular weight is 472 g/mol. The fraction of sp³-hybridized carbons (Fsp3) is 0.115. The molecule has 0 spiro atoms. The Morgan fingerprint density at radius 2 is 1.71 bits per heavy atom. The van der Waals surface area contributed by atoms with Gasteiger partial charge in [0.15, 0.2) is 16.7 Å². The number of carbonyl (C=O) groups is 1. The van der Waals surface area contributed by atoms with E-state index in [1.807, 2.05) is 77.4 Å². The third-order valence-electron chi connectivity index (χ3n) is 5.34. The first kappa shape index (κ1) is 21.8. The average Bonchev–Trinajstić information content (AvgIpc) is 3.52. The molecule has 170 valence electrons. The second-order valence-electron chi connectivity index (χ2n) is 7.40. The van der Waals surface area contributed by atoms with Crippen LogP contribution in [0.25, 0.3) is 28.0 Å². The van der Waals surface area contributed by atoms with E-state index >= 15 is 0 Å². The van der Waals surface area contributed by atoms with Crippen molar-refractivity contribution in [1.29, 1.82) is 0 Å². The molecule has 2 heterocycles. The SMILES string of the molecule is COc1ccc(-n2c(SCC(=O)c3cc4ccccc4o3)nnc2-c2ccccc2OC)cc1. The Morgan fingerprint density at radius 3 is 2.47 bits per heavy atom. The number of para-hydroxylation sites is 2. The summed E-state index contributed by atoms with van der Waals surface area (Å²) in [5.74, 6) is 2.39. The minimum atomic E-state index is -0.121. The minimum Gasteiger partial charge on any atom is -0.497 e. The van der Waals surface area contributed by atoms with Gasteiger partial charge in [0.2, 0.25) is 5.78 Å². The number of hydrogen-bond donors (Lipinski definition) is 0. The van der Waals surface area contributed by atoms with Crippen LogP contribution in [-0.2, 0) is 0 Å². The van der Waals surface area contributed by atoms with E-state index in [0.717, 1.165) is 22.4 Å². The van der Waals surface area contributed by atoms with Crippen LogP contribution in [-0.4, -0.2) is 40.5 Å². The summed E-state index contributed by atoms with van der Waals surface area (Å²) in [6, 6.07) is 24.5. The summed E-state index contributed by atoms with van der Waals surface area (Å²) in [5, 5.41) is 10.3. The summed E-state index contributed by atoms with van der Waals surface area (Å²) in [6.07, 6.45) is 0. The molecule has 8 heteroatoms. The lowest BCUT2D eigenvalue weighted by molar-refractivity contribution is 0.0994. The molecule has 0 saturated carbocycles. The molecule has 0 N–H and O–H groups in total. The van der Waals surface area contributed by atoms with Crippen molar-refractivity contribution in [3.05, 3.63) is 84.6 Å². The highest BCUT2D eigenvalue weighted by Gasteiger charge is 2.21. The second-order valence-corrected chi connectivity index (χ2v) is 8.34. The van der Waals surface area contributed by atoms with Gasteiger partial charge < -0.3 is 13.9 Å². The molecular weight excluding hydrogens is 450 g/mol. The predicted octanol–water partition coefficient (Wildman–Crippen LogP) is 5.67. The van der Waals surface area contributed by atoms with E-state index < -0.39 is 0 Å². The van der Waals surface area contributed by atoms with Crippen molar-refractivity contribution in [2.45, 2.75) is 5.16 Å². The first-order valence-electron chi connectivity index (χ1n) is 10.6. The summed E-state index contributed by atoms with van der Waals surface area (Å²) in [6.45, 7) is 0. The lowest BCUT2D eigenvalue weighted by Gasteiger charge is -2.12. The summed E-state index contributed by atoms with van der Waals surface area (Å²) < 4.78 is 18.5. The maximum absolute atomic E-state index is 12.9. The van der Waals surface area contributed by atoms with Crippen LogP contribution in [0, 0.1) is 0 Å². The molecule has 0 radical (unpaired) electrons. The number of furan rings is 1. The zero-order valence-corrected chi connectivity index (χ0v) is 19.4. The Balaban J connectivity index is 1.50. The summed E-state index contributed by atoms with van der Waals surface area (Å²) in [5.41, 5.74) is 2.32. The van der Waals surface area contributed by atoms with E-state index in [2.05, 4.69) is 10.2 Å². The van der Waals surface area contributed by atoms with Gasteiger partial charge in [-0.2, -0.15) is 0 Å². The van der Waals surface area contributed by atoms with Crippen molar-refractivity contribution in [1.82, 2.24) is 14.8 Å². The quantitative estimate of drug-likeness (QED) is 0.213. The van der Waals surface area contributed by atoms with E-state index in [-0.39, 0.29) is 11.5 Å². The van der Waals surface area contributed by atoms with Crippen molar-refractivity contribution in [2.75, 3.05) is 20.0 Å². The number of carbonyl (C=O) groups excluding carboxylic acids is 1. The molecule has 2 aromatic heterocycles. The zero-order chi connectivity index (χ0) is 23.5. The topological polar surface area (TPSA) is 79.4 Å². The Kier molecular flexibility index (Phi) is 6.05. The van der Waals surface area contributed by atoms with Crippen molar-refractivity contribution >= 4 is 28.5 Å². The molecule has 0 fully saturated rings. The van der Waals surface area contributed by atoms with Gasteiger partial charge in [-0.15, -0.1) is 10.2 Å². The van der Waals surface area contributed by atoms with Gasteiger partial charge in [-0.1, -0.05) is 42.1 Å². The number of rotatable bonds is 8. The number of ketones is 1. The molecule has 0 amide bonds. The highest BCUT2D eigenvalue weighted by atomic mass is 32.2. The van der Waals surface area contributed by atoms with Gasteiger partial charge in [-0.25, -0.2) is 0 Å². The van der Waals surface area contributed by atoms with Gasteiger partial charge in [-0.3, -0.25) is 9.36 Å². The number of thioether (sulfide) groups is 1. The van der Waals surface area contributed by atoms with Gasteiger partial charge >= 0.3 is 0 Å². The van der Waals surface area contributed by atoms with Gasteiger partial charge in [-0.05, 0) is 48.5 Å². The molecule has 5 rings (SSSR count). The molecule has 0 atom stereocenters. The Labute approximate surface area is 200 Å². The fourth-order valence-electron chi connectivity index (χ4n) is 3.65. The molecule has 0 aliphatic carbocycles. The largest absolute Gasteiger partial charge is 0.497 e. The first-order valence-corrected chi connectivity index (χ1v) is 11.5. The molecular formula is C26H21N3O4S. The first-order chi connectivity index (χ1) is 16.7. The van der Waals surface area contributed by atoms with Crippen LogP contribution in [0.3, 0.4) is 0 Å². The Morgan fingerprint density at radius 1 is 0.941 bits per heavy atom. The molecule has 7 nitrogen and oxygen atoms in total. The number of benzene rings is 3. The number of aromatic nitrogens is 3. The van der Waals surface area contributed by atoms with Crippen LogP contribution in [0.4, 0.5) is 0 Å². The van der Waals surface area contributed by atoms with E-state index in [4.69, 9.17) is 13.9 Å². The summed E-state index contributed by atoms with van der Waals surface area (Å²) in [7, 11) is 3.24. The number of nitrogens with zero attached hydrogens (tertiary/aromatic N) is 3. The summed E-state index contributed by atoms with van der Waals surface area (Å²) >= 11 is 1.30. The Hall–Kier alpha value is -4.04. The fourth-order valence-corrected chi connectivity index (χ4v) is 4.47. The third kappa shape index (κ3) is 4.15. The molecule has 0 aliphatic heterocycles. The maximum atomic E-state index is 12.9. The van der Waals surface area contributed by atoms with E-state index in [1.165, 1.54) is 11.8 Å². The van der Waals surface area contributed by atoms with Crippen molar-refractivity contribution in [3.8, 4) is 28.6 Å². The van der Waals surface area contributed by atoms with Crippen LogP contribution in [0.1, 0.15) is 10.6 Å². The third-order valence-corrected chi connectivity index (χ3v) is 6.27. The van der Waals surface area contributed by atoms with E-state index in [1.54, 1.807) is 20.3 Å². The van der Waals surface area contributed by atoms with E-state index in [9.17, 15) is 4.79 Å². The van der Waals surface area contributed by atoms with Crippen LogP contribution < -0.4 is 9.47 Å². The number of methoxy groups -OCH3 is 2. The van der Waals surface area contributed by atoms with Gasteiger partial charge in [0.1, 0.15) is 17.1 Å². The van der Waals surface area contributed by atoms with E-state index in [0.29, 0.717) is 28.1 Å². The number of fused-ring (bicyclic) bond motifs is 1. The second kappa shape index (κ2) is 9.44. The van der Waals surface area contributed by atoms with Gasteiger partial charge in [0.05, 0.1) is 31.2 Å². The Bertz CT molecular complexity index is 1420. The predicted molar refractivity (Wildman–Crippen MR) is 131 cm³/mol. The van der Waals surface area contributed by atoms with Crippen LogP contribution >= 0.6 is 11.8 Å². The maximum Gasteiger partial charge on any atom is 0.208 e. The lowest BCUT2D eigenvalue weighted by Crippen LogP contribution is -2.04. The molecule has 0 saturated heterocycles. The highest BCUT2D eigenvalue weighted by molar-refractivity contribution is 7.99. The zero-order valence-electron chi connectivity index (χ0n) is 18.6. The number of Topliss-reactive ketones (excluding diaryl/α,β-unsaturated/α-hetero) is 1. The monoisotopic (exact) mass is 471 g/mol. The smallest absolute Gasteiger partial charge is 0.208 e. The molecule has 34 heavy (non-hydrogen) atoms. The minimum absolute atomic E-state index is 0.121. The lowest BCUT2D eigenvalue weighted by atomic mass is 10.2. The van der Waals surface area contributed by atoms with Gasteiger partial charge in [0.25, 0.3) is 0 Å². The molecule has 0 aliphatic rings. The van der Waals surface area contributed by atoms with Crippen molar-refractivity contribution < 1.29 is 18.7 Å². The molecule has 0 unspecified atom stereocenters. The van der Waals surface area contributed by atoms with Crippen LogP contribution in [0.5, 0.6) is 11.5 Å². The number of hydrogen-bond acceptors (Lipinski definition) is 7. The highest BCUT2D eigenvalue weighted by Crippen LogP contribution is 2.34. The van der Waals surface area contributed by atoms with Crippen LogP contribution in [0.2, 0.25) is 0 Å².